The first kappa shape index (κ1) is 17.4. The molecule has 0 saturated carbocycles. The van der Waals surface area contributed by atoms with Crippen LogP contribution >= 0.6 is 0 Å². The fourth-order valence-corrected chi connectivity index (χ4v) is 1.74. The maximum absolute atomic E-state index is 11.6. The van der Waals surface area contributed by atoms with Gasteiger partial charge in [0.05, 0.1) is 6.04 Å². The number of likely N-dealkylation sites (N-methyl/N-ethyl adjacent to an activating group) is 1. The predicted octanol–water partition coefficient (Wildman–Crippen LogP) is 0.209. The number of carbonyl (C=O) groups excluding carboxylic acids is 1. The molecule has 108 valence electrons. The van der Waals surface area contributed by atoms with Gasteiger partial charge in [-0.1, -0.05) is 13.3 Å². The summed E-state index contributed by atoms with van der Waals surface area (Å²) in [5.41, 5.74) is 5.44. The van der Waals surface area contributed by atoms with Gasteiger partial charge in [-0.05, 0) is 51.9 Å². The lowest BCUT2D eigenvalue weighted by atomic mass is 10.1. The molecule has 0 fully saturated rings. The zero-order valence-corrected chi connectivity index (χ0v) is 11.9. The molecule has 0 saturated heterocycles. The highest BCUT2D eigenvalue weighted by atomic mass is 16.2. The van der Waals surface area contributed by atoms with Crippen LogP contribution in [0.15, 0.2) is 0 Å². The molecule has 0 rings (SSSR count). The van der Waals surface area contributed by atoms with Gasteiger partial charge in [0, 0.05) is 7.05 Å². The van der Waals surface area contributed by atoms with Gasteiger partial charge in [0.1, 0.15) is 0 Å². The van der Waals surface area contributed by atoms with Gasteiger partial charge < -0.3 is 21.7 Å². The second-order valence-corrected chi connectivity index (χ2v) is 4.51. The van der Waals surface area contributed by atoms with Crippen LogP contribution < -0.4 is 21.7 Å². The van der Waals surface area contributed by atoms with E-state index in [0.29, 0.717) is 6.54 Å². The van der Waals surface area contributed by atoms with E-state index in [1.54, 1.807) is 7.05 Å². The number of carbonyl (C=O) groups is 1. The fourth-order valence-electron chi connectivity index (χ4n) is 1.74. The molecule has 0 aliphatic carbocycles. The molecule has 0 radical (unpaired) electrons. The van der Waals surface area contributed by atoms with Crippen LogP contribution in [0, 0.1) is 0 Å². The van der Waals surface area contributed by atoms with Crippen molar-refractivity contribution in [1.82, 2.24) is 16.0 Å². The Hall–Kier alpha value is -0.650. The van der Waals surface area contributed by atoms with Crippen LogP contribution in [-0.2, 0) is 4.79 Å². The average molecular weight is 258 g/mol. The first-order chi connectivity index (χ1) is 8.76. The minimum Gasteiger partial charge on any atom is -0.358 e. The normalized spacial score (nSPS) is 12.4. The number of hydrogen-bond acceptors (Lipinski definition) is 4. The lowest BCUT2D eigenvalue weighted by Gasteiger charge is -2.17. The van der Waals surface area contributed by atoms with Crippen LogP contribution in [-0.4, -0.2) is 45.2 Å². The fraction of sp³-hybridized carbons (Fsp3) is 0.923. The van der Waals surface area contributed by atoms with Crippen molar-refractivity contribution in [2.75, 3.05) is 33.2 Å². The Balaban J connectivity index is 3.69. The number of amides is 1. The molecule has 0 aliphatic rings. The molecular formula is C13H30N4O. The topological polar surface area (TPSA) is 79.2 Å². The molecule has 1 amide bonds. The lowest BCUT2D eigenvalue weighted by Crippen LogP contribution is -2.43. The summed E-state index contributed by atoms with van der Waals surface area (Å²) >= 11 is 0. The summed E-state index contributed by atoms with van der Waals surface area (Å²) in [6.07, 6.45) is 5.21. The monoisotopic (exact) mass is 258 g/mol. The standard InChI is InChI=1S/C13H30N4O/c1-3-4-9-16-10-5-7-12(13(18)15-2)17-11-6-8-14/h12,16-17H,3-11,14H2,1-2H3,(H,15,18). The van der Waals surface area contributed by atoms with E-state index in [4.69, 9.17) is 5.73 Å². The highest BCUT2D eigenvalue weighted by molar-refractivity contribution is 5.81. The Labute approximate surface area is 111 Å². The molecular weight excluding hydrogens is 228 g/mol. The van der Waals surface area contributed by atoms with Crippen LogP contribution in [0.25, 0.3) is 0 Å². The summed E-state index contributed by atoms with van der Waals surface area (Å²) in [6, 6.07) is -0.0884. The second kappa shape index (κ2) is 12.8. The summed E-state index contributed by atoms with van der Waals surface area (Å²) in [6.45, 7) is 5.70. The molecule has 0 aromatic carbocycles. The molecule has 0 bridgehead atoms. The zero-order chi connectivity index (χ0) is 13.6. The minimum absolute atomic E-state index is 0.0700. The zero-order valence-electron chi connectivity index (χ0n) is 11.9. The largest absolute Gasteiger partial charge is 0.358 e. The van der Waals surface area contributed by atoms with Gasteiger partial charge in [-0.25, -0.2) is 0 Å². The third kappa shape index (κ3) is 9.39. The van der Waals surface area contributed by atoms with Gasteiger partial charge in [-0.2, -0.15) is 0 Å². The molecule has 0 spiro atoms. The van der Waals surface area contributed by atoms with Gasteiger partial charge in [0.25, 0.3) is 0 Å². The number of rotatable bonds is 12. The van der Waals surface area contributed by atoms with Gasteiger partial charge >= 0.3 is 0 Å². The van der Waals surface area contributed by atoms with Crippen LogP contribution in [0.3, 0.4) is 0 Å². The van der Waals surface area contributed by atoms with Gasteiger partial charge in [-0.3, -0.25) is 4.79 Å². The summed E-state index contributed by atoms with van der Waals surface area (Å²) < 4.78 is 0. The highest BCUT2D eigenvalue weighted by Gasteiger charge is 2.15. The number of nitrogens with two attached hydrogens (primary N) is 1. The first-order valence-electron chi connectivity index (χ1n) is 7.12. The second-order valence-electron chi connectivity index (χ2n) is 4.51. The van der Waals surface area contributed by atoms with E-state index in [-0.39, 0.29) is 11.9 Å². The van der Waals surface area contributed by atoms with Crippen molar-refractivity contribution in [2.24, 2.45) is 5.73 Å². The summed E-state index contributed by atoms with van der Waals surface area (Å²) in [7, 11) is 1.68. The van der Waals surface area contributed by atoms with E-state index in [9.17, 15) is 4.79 Å². The number of unbranched alkanes of at least 4 members (excludes halogenated alkanes) is 1. The molecule has 0 aromatic heterocycles. The van der Waals surface area contributed by atoms with Crippen LogP contribution in [0.1, 0.15) is 39.0 Å². The minimum atomic E-state index is -0.0884. The van der Waals surface area contributed by atoms with Crippen molar-refractivity contribution in [3.8, 4) is 0 Å². The Morgan fingerprint density at radius 2 is 1.89 bits per heavy atom. The van der Waals surface area contributed by atoms with E-state index >= 15 is 0 Å². The van der Waals surface area contributed by atoms with Crippen molar-refractivity contribution in [3.05, 3.63) is 0 Å². The van der Waals surface area contributed by atoms with Gasteiger partial charge in [0.15, 0.2) is 0 Å². The molecule has 18 heavy (non-hydrogen) atoms. The molecule has 1 atom stereocenters. The third-order valence-electron chi connectivity index (χ3n) is 2.89. The molecule has 5 N–H and O–H groups in total. The summed E-state index contributed by atoms with van der Waals surface area (Å²) in [4.78, 5) is 11.6. The Morgan fingerprint density at radius 3 is 2.50 bits per heavy atom. The quantitative estimate of drug-likeness (QED) is 0.377. The molecule has 1 unspecified atom stereocenters. The van der Waals surface area contributed by atoms with Gasteiger partial charge in [0.2, 0.25) is 5.91 Å². The Morgan fingerprint density at radius 1 is 1.17 bits per heavy atom. The van der Waals surface area contributed by atoms with Crippen molar-refractivity contribution in [2.45, 2.75) is 45.1 Å². The lowest BCUT2D eigenvalue weighted by molar-refractivity contribution is -0.122. The van der Waals surface area contributed by atoms with Crippen molar-refractivity contribution in [1.29, 1.82) is 0 Å². The van der Waals surface area contributed by atoms with Crippen LogP contribution in [0.4, 0.5) is 0 Å². The Bertz CT molecular complexity index is 199. The third-order valence-corrected chi connectivity index (χ3v) is 2.89. The molecule has 5 heteroatoms. The smallest absolute Gasteiger partial charge is 0.236 e. The SMILES string of the molecule is CCCCNCCCC(NCCCN)C(=O)NC. The number of nitrogens with one attached hydrogen (secondary N) is 3. The van der Waals surface area contributed by atoms with Crippen LogP contribution in [0.2, 0.25) is 0 Å². The van der Waals surface area contributed by atoms with E-state index in [1.165, 1.54) is 12.8 Å². The number of hydrogen-bond donors (Lipinski definition) is 4. The first-order valence-corrected chi connectivity index (χ1v) is 7.12. The maximum Gasteiger partial charge on any atom is 0.236 e. The van der Waals surface area contributed by atoms with E-state index in [2.05, 4.69) is 22.9 Å². The van der Waals surface area contributed by atoms with E-state index in [0.717, 1.165) is 38.9 Å². The molecule has 0 heterocycles. The Kier molecular flexibility index (Phi) is 12.3. The van der Waals surface area contributed by atoms with Crippen molar-refractivity contribution < 1.29 is 4.79 Å². The van der Waals surface area contributed by atoms with Crippen LogP contribution in [0.5, 0.6) is 0 Å². The highest BCUT2D eigenvalue weighted by Crippen LogP contribution is 1.97. The van der Waals surface area contributed by atoms with Gasteiger partial charge in [-0.15, -0.1) is 0 Å². The van der Waals surface area contributed by atoms with Crippen molar-refractivity contribution >= 4 is 5.91 Å². The average Bonchev–Trinajstić information content (AvgIpc) is 2.40. The van der Waals surface area contributed by atoms with E-state index < -0.39 is 0 Å². The molecule has 5 nitrogen and oxygen atoms in total. The summed E-state index contributed by atoms with van der Waals surface area (Å²) in [5, 5.41) is 9.34. The van der Waals surface area contributed by atoms with Crippen molar-refractivity contribution in [3.63, 3.8) is 0 Å². The predicted molar refractivity (Wildman–Crippen MR) is 76.5 cm³/mol. The van der Waals surface area contributed by atoms with E-state index in [1.807, 2.05) is 0 Å². The molecule has 0 aliphatic heterocycles. The molecule has 0 aromatic rings. The summed E-state index contributed by atoms with van der Waals surface area (Å²) in [5.74, 6) is 0.0700. The maximum atomic E-state index is 11.6.